The maximum atomic E-state index is 6.01. The second-order valence-corrected chi connectivity index (χ2v) is 7.70. The predicted molar refractivity (Wildman–Crippen MR) is 165 cm³/mol. The molecule has 0 atom stereocenters. The van der Waals surface area contributed by atoms with Crippen LogP contribution in [-0.2, 0) is 0 Å². The topological polar surface area (TPSA) is 0 Å². The Bertz CT molecular complexity index is 374. The van der Waals surface area contributed by atoms with Gasteiger partial charge in [0.1, 0.15) is 0 Å². The smallest absolute Gasteiger partial charge is 0.0294 e. The highest BCUT2D eigenvalue weighted by atomic mass is 13.6. The molecule has 0 aliphatic heterocycles. The van der Waals surface area contributed by atoms with E-state index in [1.165, 1.54) is 7.06 Å². The molecule has 0 nitrogen and oxygen atoms in total. The zero-order valence-corrected chi connectivity index (χ0v) is 16.7. The first-order chi connectivity index (χ1) is 13.2. The summed E-state index contributed by atoms with van der Waals surface area (Å²) in [4.78, 5) is 0. The molecule has 0 rings (SSSR count). The van der Waals surface area contributed by atoms with Gasteiger partial charge in [0.2, 0.25) is 0 Å². The minimum atomic E-state index is -1.03. The number of hydrogen-bond acceptors (Lipinski definition) is 0. The van der Waals surface area contributed by atoms with Crippen molar-refractivity contribution in [2.24, 2.45) is 0 Å². The molecule has 0 amide bonds. The molecule has 0 fully saturated rings. The van der Waals surface area contributed by atoms with Crippen molar-refractivity contribution in [2.45, 2.75) is 5.62 Å². The van der Waals surface area contributed by atoms with E-state index in [-0.39, 0.29) is 0 Å². The maximum absolute atomic E-state index is 6.01. The minimum absolute atomic E-state index is 0.741. The van der Waals surface area contributed by atoms with Crippen LogP contribution in [0.3, 0.4) is 0 Å². The highest BCUT2D eigenvalue weighted by molar-refractivity contribution is 8.08. The first-order valence-corrected chi connectivity index (χ1v) is 9.33. The van der Waals surface area contributed by atoms with Crippen LogP contribution in [0, 0.1) is 0 Å². The normalized spacial score (nSPS) is 9.69. The van der Waals surface area contributed by atoms with Crippen LogP contribution >= 0.6 is 0 Å². The summed E-state index contributed by atoms with van der Waals surface area (Å²) in [5, 5.41) is 0. The lowest BCUT2D eigenvalue weighted by molar-refractivity contribution is 1.80. The molecule has 0 spiro atoms. The van der Waals surface area contributed by atoms with Crippen molar-refractivity contribution in [3.63, 3.8) is 0 Å². The standard InChI is InChI=1S/CHB28/c2-17-28(25(11)12)20(29(26(13)14)27(15)16)1(18(21(3)4)22(5)6)19(23(7)8)24(9)10/h1H. The van der Waals surface area contributed by atoms with Crippen LogP contribution in [0.2, 0.25) is 5.62 Å². The Morgan fingerprint density at radius 3 is 0.897 bits per heavy atom. The van der Waals surface area contributed by atoms with Crippen molar-refractivity contribution in [3.05, 3.63) is 0 Å². The molecule has 0 saturated heterocycles. The number of hydrogen-bond donors (Lipinski definition) is 0. The van der Waals surface area contributed by atoms with Crippen molar-refractivity contribution < 1.29 is 0 Å². The van der Waals surface area contributed by atoms with Gasteiger partial charge in [0.05, 0.1) is 0 Å². The lowest BCUT2D eigenvalue weighted by atomic mass is 8.44. The average Bonchev–Trinajstić information content (AvgIpc) is 2.51. The van der Waals surface area contributed by atoms with Crippen LogP contribution in [0.5, 0.6) is 0 Å². The van der Waals surface area contributed by atoms with Crippen LogP contribution in [0.4, 0.5) is 0 Å². The van der Waals surface area contributed by atoms with Gasteiger partial charge in [-0.25, -0.2) is 0 Å². The molecule has 31 radical (unpaired) electrons. The van der Waals surface area contributed by atoms with Gasteiger partial charge in [-0.1, -0.05) is 0 Å². The Kier molecular flexibility index (Phi) is 15.0. The molecular formula is CHB28. The summed E-state index contributed by atoms with van der Waals surface area (Å²) in [6.45, 7) is -2.41. The number of rotatable bonds is 13. The van der Waals surface area contributed by atoms with E-state index in [4.69, 9.17) is 116 Å². The molecule has 0 heterocycles. The third-order valence-corrected chi connectivity index (χ3v) is 5.56. The van der Waals surface area contributed by atoms with E-state index in [1.807, 2.05) is 0 Å². The maximum Gasteiger partial charge on any atom is 0.0294 e. The summed E-state index contributed by atoms with van der Waals surface area (Å²) in [5.41, 5.74) is -0.788. The predicted octanol–water partition coefficient (Wildman–Crippen LogP) is -10.3. The van der Waals surface area contributed by atoms with Gasteiger partial charge in [0.25, 0.3) is 0 Å². The Morgan fingerprint density at radius 2 is 0.724 bits per heavy atom. The molecule has 0 bridgehead atoms. The SMILES string of the molecule is [B][B]B(B([B])[B])B(B(B([B])[B])B([B])[B])C(B(B([B])[B])B([B])[B])B(B([B])[B])B([B])[B]. The first kappa shape index (κ1) is 30.8. The van der Waals surface area contributed by atoms with Crippen molar-refractivity contribution in [2.75, 3.05) is 0 Å². The van der Waals surface area contributed by atoms with E-state index >= 15 is 0 Å². The van der Waals surface area contributed by atoms with Crippen LogP contribution < -0.4 is 0 Å². The zero-order chi connectivity index (χ0) is 23.2. The van der Waals surface area contributed by atoms with E-state index in [2.05, 4.69) is 0 Å². The lowest BCUT2D eigenvalue weighted by Gasteiger charge is -2.51. The summed E-state index contributed by atoms with van der Waals surface area (Å²) >= 11 is 0. The van der Waals surface area contributed by atoms with Gasteiger partial charge in [0, 0.05) is 200 Å². The molecule has 0 unspecified atom stereocenters. The highest BCUT2D eigenvalue weighted by Crippen LogP contribution is 2.26. The molecular weight excluding hydrogens is 315 g/mol. The van der Waals surface area contributed by atoms with Gasteiger partial charge in [-0.15, -0.1) is 5.62 Å². The molecule has 0 aromatic carbocycles. The fourth-order valence-electron chi connectivity index (χ4n) is 4.36. The second-order valence-electron chi connectivity index (χ2n) is 7.70. The molecule has 28 heteroatoms. The van der Waals surface area contributed by atoms with E-state index < -0.39 is 82.6 Å². The monoisotopic (exact) mass is 321 g/mol. The first-order valence-electron chi connectivity index (χ1n) is 9.33. The van der Waals surface area contributed by atoms with Gasteiger partial charge in [-0.3, -0.25) is 0 Å². The van der Waals surface area contributed by atoms with Crippen molar-refractivity contribution in [3.8, 4) is 0 Å². The second kappa shape index (κ2) is 14.2. The van der Waals surface area contributed by atoms with Crippen molar-refractivity contribution in [1.82, 2.24) is 0 Å². The van der Waals surface area contributed by atoms with Gasteiger partial charge in [-0.05, 0) is 0 Å². The summed E-state index contributed by atoms with van der Waals surface area (Å²) < 4.78 is 0. The highest BCUT2D eigenvalue weighted by Gasteiger charge is 2.50. The van der Waals surface area contributed by atoms with Crippen molar-refractivity contribution >= 4 is 200 Å². The van der Waals surface area contributed by atoms with Gasteiger partial charge in [-0.2, -0.15) is 0 Å². The average molecular weight is 316 g/mol. The molecule has 0 aliphatic carbocycles. The van der Waals surface area contributed by atoms with Gasteiger partial charge < -0.3 is 0 Å². The van der Waals surface area contributed by atoms with Gasteiger partial charge in [0.15, 0.2) is 0 Å². The molecule has 0 aliphatic rings. The van der Waals surface area contributed by atoms with Crippen molar-refractivity contribution in [1.29, 1.82) is 0 Å². The molecule has 89 valence electrons. The summed E-state index contributed by atoms with van der Waals surface area (Å²) in [5.74, 6) is 0. The van der Waals surface area contributed by atoms with Crippen LogP contribution in [0.1, 0.15) is 0 Å². The molecule has 0 saturated carbocycles. The van der Waals surface area contributed by atoms with Crippen LogP contribution in [0.15, 0.2) is 0 Å². The van der Waals surface area contributed by atoms with E-state index in [9.17, 15) is 0 Å². The third-order valence-electron chi connectivity index (χ3n) is 5.56. The fourth-order valence-corrected chi connectivity index (χ4v) is 4.36. The molecule has 29 heavy (non-hydrogen) atoms. The van der Waals surface area contributed by atoms with E-state index in [0.29, 0.717) is 0 Å². The summed E-state index contributed by atoms with van der Waals surface area (Å²) in [7, 11) is 91.2. The fraction of sp³-hybridized carbons (Fsp3) is 1.00. The molecule has 0 N–H and O–H groups in total. The van der Waals surface area contributed by atoms with Gasteiger partial charge >= 0.3 is 0 Å². The van der Waals surface area contributed by atoms with Crippen LogP contribution in [-0.4, -0.2) is 200 Å². The lowest BCUT2D eigenvalue weighted by Crippen LogP contribution is -2.80. The minimum Gasteiger partial charge on any atom is -0.146 e. The zero-order valence-electron chi connectivity index (χ0n) is 16.7. The van der Waals surface area contributed by atoms with E-state index in [0.717, 1.165) is 0 Å². The third kappa shape index (κ3) is 8.59. The largest absolute Gasteiger partial charge is 0.146 e. The Hall–Kier alpha value is 1.82. The Labute approximate surface area is 204 Å². The van der Waals surface area contributed by atoms with Crippen LogP contribution in [0.25, 0.3) is 0 Å². The Morgan fingerprint density at radius 1 is 0.414 bits per heavy atom. The van der Waals surface area contributed by atoms with E-state index in [1.54, 1.807) is 0 Å². The molecule has 0 aromatic rings. The summed E-state index contributed by atoms with van der Waals surface area (Å²) in [6.07, 6.45) is -8.67. The summed E-state index contributed by atoms with van der Waals surface area (Å²) in [6, 6.07) is 0. The molecule has 0 aromatic heterocycles. The quantitative estimate of drug-likeness (QED) is 0.296. The Balaban J connectivity index is 6.97.